The summed E-state index contributed by atoms with van der Waals surface area (Å²) in [7, 11) is 2.93. The summed E-state index contributed by atoms with van der Waals surface area (Å²) in [5.41, 5.74) is 7.05. The first kappa shape index (κ1) is 38.8. The molecule has 4 bridgehead atoms. The van der Waals surface area contributed by atoms with Gasteiger partial charge in [-0.15, -0.1) is 35.1 Å². The highest BCUT2D eigenvalue weighted by atomic mass is 35.5. The van der Waals surface area contributed by atoms with Gasteiger partial charge in [-0.1, -0.05) is 0 Å². The van der Waals surface area contributed by atoms with Gasteiger partial charge in [-0.05, 0) is 148 Å². The van der Waals surface area contributed by atoms with Crippen LogP contribution in [0.15, 0.2) is 41.8 Å². The lowest BCUT2D eigenvalue weighted by molar-refractivity contribution is -0.191. The van der Waals surface area contributed by atoms with Crippen LogP contribution in [0.5, 0.6) is 11.5 Å². The molecule has 2 aromatic carbocycles. The topological polar surface area (TPSA) is 102 Å². The highest BCUT2D eigenvalue weighted by Gasteiger charge is 2.60. The van der Waals surface area contributed by atoms with Crippen LogP contribution in [0.25, 0.3) is 20.2 Å². The summed E-state index contributed by atoms with van der Waals surface area (Å²) in [4.78, 5) is 35.2. The van der Waals surface area contributed by atoms with Gasteiger partial charge in [0.25, 0.3) is 0 Å². The van der Waals surface area contributed by atoms with Crippen LogP contribution in [-0.4, -0.2) is 79.3 Å². The first-order valence-electron chi connectivity index (χ1n) is 17.9. The second-order valence-electron chi connectivity index (χ2n) is 14.7. The van der Waals surface area contributed by atoms with Crippen LogP contribution in [0.3, 0.4) is 0 Å². The maximum atomic E-state index is 14.4. The lowest BCUT2D eigenvalue weighted by Gasteiger charge is -2.52. The molecule has 0 unspecified atom stereocenters. The molecule has 2 atom stereocenters. The van der Waals surface area contributed by atoms with Crippen LogP contribution < -0.4 is 15.2 Å². The number of hydrogen-bond donors (Lipinski definition) is 1. The molecule has 8 nitrogen and oxygen atoms in total. The number of hydrogen-bond acceptors (Lipinski definition) is 10. The number of ether oxygens (including phenoxy) is 2. The smallest absolute Gasteiger partial charge is 0.373 e. The van der Waals surface area contributed by atoms with Crippen molar-refractivity contribution >= 4 is 67.2 Å². The number of ketones is 1. The normalized spacial score (nSPS) is 27.6. The van der Waals surface area contributed by atoms with Crippen molar-refractivity contribution in [3.63, 3.8) is 0 Å². The number of piperidine rings is 6. The molecule has 0 radical (unpaired) electrons. The number of carbonyl (C=O) groups is 1. The Kier molecular flexibility index (Phi) is 11.8. The SMILES string of the molecule is COc1ccc2cc(C(=O)C[C@@H]3C4CCN(CC4)C34CC4)sc2c1F.COc1ccc2ccsc2c1F.Cl.N[C@@H]1C2CCN(CC2)C12CC2.O=C=O. The van der Waals surface area contributed by atoms with E-state index in [1.807, 2.05) is 29.6 Å². The molecule has 2 saturated carbocycles. The third-order valence-corrected chi connectivity index (χ3v) is 14.6. The van der Waals surface area contributed by atoms with E-state index < -0.39 is 0 Å². The van der Waals surface area contributed by atoms with E-state index >= 15 is 0 Å². The summed E-state index contributed by atoms with van der Waals surface area (Å²) in [6.45, 7) is 5.09. The average Bonchev–Trinajstić information content (AvgIpc) is 4.02. The van der Waals surface area contributed by atoms with Crippen molar-refractivity contribution in [3.05, 3.63) is 58.3 Å². The fraction of sp³-hybridized carbons (Fsp3) is 0.538. The lowest BCUT2D eigenvalue weighted by Crippen LogP contribution is -2.63. The molecule has 6 aliphatic heterocycles. The van der Waals surface area contributed by atoms with Gasteiger partial charge in [0.15, 0.2) is 28.9 Å². The first-order chi connectivity index (χ1) is 24.7. The van der Waals surface area contributed by atoms with Crippen molar-refractivity contribution < 1.29 is 32.6 Å². The molecule has 8 aliphatic rings. The van der Waals surface area contributed by atoms with Crippen molar-refractivity contribution in [1.82, 2.24) is 9.80 Å². The number of Topliss-reactive ketones (excluding diaryl/α,β-unsaturated/α-hetero) is 1. The number of rotatable bonds is 5. The van der Waals surface area contributed by atoms with Gasteiger partial charge in [0, 0.05) is 23.5 Å². The molecule has 2 aromatic heterocycles. The van der Waals surface area contributed by atoms with E-state index in [0.717, 1.165) is 16.7 Å². The highest BCUT2D eigenvalue weighted by molar-refractivity contribution is 7.20. The molecule has 13 heteroatoms. The summed E-state index contributed by atoms with van der Waals surface area (Å²) in [5, 5.41) is 3.59. The van der Waals surface area contributed by atoms with Crippen LogP contribution in [0.2, 0.25) is 0 Å². The van der Waals surface area contributed by atoms with Crippen molar-refractivity contribution in [3.8, 4) is 11.5 Å². The minimum atomic E-state index is -0.356. The number of nitrogens with zero attached hydrogens (tertiary/aromatic N) is 2. The molecule has 2 aliphatic carbocycles. The Labute approximate surface area is 317 Å². The van der Waals surface area contributed by atoms with Gasteiger partial charge in [-0.25, -0.2) is 8.78 Å². The second-order valence-corrected chi connectivity index (χ2v) is 16.7. The highest BCUT2D eigenvalue weighted by Crippen LogP contribution is 2.59. The molecule has 280 valence electrons. The van der Waals surface area contributed by atoms with Crippen LogP contribution in [0, 0.1) is 29.4 Å². The van der Waals surface area contributed by atoms with Gasteiger partial charge >= 0.3 is 6.15 Å². The molecule has 2 spiro atoms. The number of methoxy groups -OCH3 is 2. The van der Waals surface area contributed by atoms with Crippen LogP contribution in [-0.2, 0) is 9.59 Å². The summed E-state index contributed by atoms with van der Waals surface area (Å²) >= 11 is 2.66. The average molecular weight is 774 g/mol. The Morgan fingerprint density at radius 1 is 0.827 bits per heavy atom. The van der Waals surface area contributed by atoms with E-state index in [4.69, 9.17) is 24.8 Å². The van der Waals surface area contributed by atoms with Crippen molar-refractivity contribution in [2.24, 2.45) is 23.5 Å². The minimum absolute atomic E-state index is 0. The van der Waals surface area contributed by atoms with Gasteiger partial charge in [0.2, 0.25) is 0 Å². The number of benzene rings is 2. The summed E-state index contributed by atoms with van der Waals surface area (Å²) in [6.07, 6.45) is 11.3. The second kappa shape index (κ2) is 15.8. The zero-order valence-corrected chi connectivity index (χ0v) is 32.0. The van der Waals surface area contributed by atoms with E-state index in [9.17, 15) is 13.6 Å². The van der Waals surface area contributed by atoms with Crippen LogP contribution in [0.1, 0.15) is 67.5 Å². The summed E-state index contributed by atoms with van der Waals surface area (Å²) < 4.78 is 38.9. The Morgan fingerprint density at radius 3 is 1.87 bits per heavy atom. The van der Waals surface area contributed by atoms with Gasteiger partial charge in [-0.2, -0.15) is 9.59 Å². The first-order valence-corrected chi connectivity index (χ1v) is 19.6. The molecule has 4 aromatic rings. The minimum Gasteiger partial charge on any atom is -0.494 e. The predicted octanol–water partition coefficient (Wildman–Crippen LogP) is 7.96. The third-order valence-electron chi connectivity index (χ3n) is 12.5. The van der Waals surface area contributed by atoms with E-state index in [-0.39, 0.29) is 41.7 Å². The summed E-state index contributed by atoms with van der Waals surface area (Å²) in [6, 6.07) is 11.2. The van der Waals surface area contributed by atoms with Gasteiger partial charge in [0.1, 0.15) is 0 Å². The van der Waals surface area contributed by atoms with Crippen molar-refractivity contribution in [2.75, 3.05) is 40.4 Å². The van der Waals surface area contributed by atoms with Gasteiger partial charge in [-0.3, -0.25) is 14.6 Å². The lowest BCUT2D eigenvalue weighted by atomic mass is 9.70. The Morgan fingerprint density at radius 2 is 1.35 bits per heavy atom. The van der Waals surface area contributed by atoms with E-state index in [2.05, 4.69) is 9.80 Å². The molecule has 0 amide bonds. The molecular weight excluding hydrogens is 728 g/mol. The molecule has 12 rings (SSSR count). The predicted molar refractivity (Wildman–Crippen MR) is 202 cm³/mol. The van der Waals surface area contributed by atoms with Gasteiger partial charge in [0.05, 0.1) is 28.5 Å². The van der Waals surface area contributed by atoms with E-state index in [1.54, 1.807) is 12.1 Å². The van der Waals surface area contributed by atoms with E-state index in [0.29, 0.717) is 55.4 Å². The molecule has 8 fully saturated rings. The standard InChI is InChI=1S/C20H22FNO2S.C9H7FOS.C9H16N2.CO2.ClH/c1-24-16-3-2-13-10-17(25-19(13)18(16)21)15(23)11-14-12-4-8-22(9-5-12)20(14)6-7-20;1-11-7-3-2-6-4-5-12-9(6)8(7)10;10-8-7-1-5-11(6-2-7)9(8)3-4-9;2-1-3;/h2-3,10,12,14H,4-9,11H2,1H3;2-5H,1H3;7-8H,1-6,10H2;;1H/t14-;;8-;;/m1.1../s1. The number of carbonyl (C=O) groups excluding carboxylic acids is 3. The quantitative estimate of drug-likeness (QED) is 0.204. The molecule has 2 N–H and O–H groups in total. The molecule has 6 saturated heterocycles. The van der Waals surface area contributed by atoms with Crippen molar-refractivity contribution in [1.29, 1.82) is 0 Å². The fourth-order valence-corrected chi connectivity index (χ4v) is 11.4. The monoisotopic (exact) mass is 773 g/mol. The maximum absolute atomic E-state index is 14.4. The Hall–Kier alpha value is -2.96. The fourth-order valence-electron chi connectivity index (χ4n) is 9.51. The number of thiophene rings is 2. The van der Waals surface area contributed by atoms with Crippen molar-refractivity contribution in [2.45, 2.75) is 74.9 Å². The molecular formula is C39H46ClF2N3O5S2. The number of halogens is 3. The van der Waals surface area contributed by atoms with Crippen LogP contribution in [0.4, 0.5) is 8.78 Å². The van der Waals surface area contributed by atoms with E-state index in [1.165, 1.54) is 114 Å². The Balaban J connectivity index is 0.000000143. The molecule has 8 heterocycles. The molecule has 52 heavy (non-hydrogen) atoms. The van der Waals surface area contributed by atoms with Crippen LogP contribution >= 0.6 is 35.1 Å². The van der Waals surface area contributed by atoms with Gasteiger partial charge < -0.3 is 15.2 Å². The zero-order valence-electron chi connectivity index (χ0n) is 29.5. The largest absolute Gasteiger partial charge is 0.494 e. The summed E-state index contributed by atoms with van der Waals surface area (Å²) in [5.74, 6) is 2.17. The zero-order chi connectivity index (χ0) is 35.9. The maximum Gasteiger partial charge on any atom is 0.373 e. The number of fused-ring (bicyclic) bond motifs is 6. The Bertz CT molecular complexity index is 1920. The number of nitrogens with two attached hydrogens (primary N) is 1. The third kappa shape index (κ3) is 7.04.